The zero-order valence-electron chi connectivity index (χ0n) is 12.1. The van der Waals surface area contributed by atoms with Crippen LogP contribution < -0.4 is 5.32 Å². The number of amides is 2. The highest BCUT2D eigenvalue weighted by molar-refractivity contribution is 8.00. The van der Waals surface area contributed by atoms with Crippen LogP contribution >= 0.6 is 11.8 Å². The fourth-order valence-corrected chi connectivity index (χ4v) is 4.31. The van der Waals surface area contributed by atoms with Crippen molar-refractivity contribution in [3.8, 4) is 0 Å². The van der Waals surface area contributed by atoms with E-state index in [1.165, 1.54) is 25.7 Å². The molecule has 1 aromatic rings. The molecule has 0 aromatic heterocycles. The number of hydrogen-bond donors (Lipinski definition) is 2. The highest BCUT2D eigenvalue weighted by Crippen LogP contribution is 2.38. The Morgan fingerprint density at radius 2 is 2.00 bits per heavy atom. The van der Waals surface area contributed by atoms with Crippen molar-refractivity contribution in [2.75, 3.05) is 18.4 Å². The summed E-state index contributed by atoms with van der Waals surface area (Å²) in [6.07, 6.45) is 5.47. The predicted octanol–water partition coefficient (Wildman–Crippen LogP) is 3.32. The molecule has 3 rings (SSSR count). The van der Waals surface area contributed by atoms with Crippen LogP contribution in [0, 0.1) is 0 Å². The first-order valence-electron chi connectivity index (χ1n) is 7.72. The summed E-state index contributed by atoms with van der Waals surface area (Å²) in [5.41, 5.74) is 0.890. The van der Waals surface area contributed by atoms with Crippen molar-refractivity contribution in [3.63, 3.8) is 0 Å². The van der Waals surface area contributed by atoms with E-state index in [0.29, 0.717) is 24.8 Å². The Hall–Kier alpha value is -1.20. The lowest BCUT2D eigenvalue weighted by Gasteiger charge is -2.19. The maximum absolute atomic E-state index is 12.2. The Labute approximate surface area is 129 Å². The molecule has 114 valence electrons. The summed E-state index contributed by atoms with van der Waals surface area (Å²) in [5, 5.41) is 13.2. The maximum Gasteiger partial charge on any atom is 0.321 e. The van der Waals surface area contributed by atoms with Crippen LogP contribution in [0.1, 0.15) is 32.1 Å². The van der Waals surface area contributed by atoms with Crippen LogP contribution in [-0.2, 0) is 0 Å². The van der Waals surface area contributed by atoms with Gasteiger partial charge in [-0.1, -0.05) is 25.0 Å². The van der Waals surface area contributed by atoms with Gasteiger partial charge in [0, 0.05) is 23.2 Å². The molecule has 1 aliphatic carbocycles. The lowest BCUT2D eigenvalue weighted by Crippen LogP contribution is -2.33. The highest BCUT2D eigenvalue weighted by atomic mass is 32.2. The molecule has 2 aliphatic rings. The standard InChI is InChI=1S/C16H22N2O2S/c19-12-9-10-18(11-12)16(20)17-14-7-3-4-8-15(14)21-13-5-1-2-6-13/h3-4,7-8,12-13,19H,1-2,5-6,9-11H2,(H,17,20)/t12-/m0/s1. The van der Waals surface area contributed by atoms with Crippen molar-refractivity contribution in [2.45, 2.75) is 48.4 Å². The molecule has 1 aromatic carbocycles. The van der Waals surface area contributed by atoms with Crippen LogP contribution in [-0.4, -0.2) is 40.5 Å². The molecule has 1 heterocycles. The van der Waals surface area contributed by atoms with Crippen LogP contribution in [0.5, 0.6) is 0 Å². The fourth-order valence-electron chi connectivity index (χ4n) is 2.98. The minimum atomic E-state index is -0.376. The van der Waals surface area contributed by atoms with Gasteiger partial charge in [0.25, 0.3) is 0 Å². The Morgan fingerprint density at radius 3 is 2.71 bits per heavy atom. The monoisotopic (exact) mass is 306 g/mol. The molecule has 0 radical (unpaired) electrons. The first-order chi connectivity index (χ1) is 10.2. The van der Waals surface area contributed by atoms with Gasteiger partial charge in [-0.15, -0.1) is 11.8 Å². The number of para-hydroxylation sites is 1. The Kier molecular flexibility index (Phi) is 4.70. The Balaban J connectivity index is 1.65. The number of aliphatic hydroxyl groups excluding tert-OH is 1. The molecule has 0 spiro atoms. The van der Waals surface area contributed by atoms with Crippen LogP contribution in [0.15, 0.2) is 29.2 Å². The van der Waals surface area contributed by atoms with Gasteiger partial charge >= 0.3 is 6.03 Å². The first-order valence-corrected chi connectivity index (χ1v) is 8.60. The van der Waals surface area contributed by atoms with E-state index in [0.717, 1.165) is 10.6 Å². The van der Waals surface area contributed by atoms with E-state index in [9.17, 15) is 9.90 Å². The topological polar surface area (TPSA) is 52.6 Å². The van der Waals surface area contributed by atoms with Gasteiger partial charge in [0.15, 0.2) is 0 Å². The van der Waals surface area contributed by atoms with E-state index in [2.05, 4.69) is 11.4 Å². The summed E-state index contributed by atoms with van der Waals surface area (Å²) in [4.78, 5) is 15.1. The molecule has 2 amide bonds. The number of aliphatic hydroxyl groups is 1. The lowest BCUT2D eigenvalue weighted by atomic mass is 10.3. The number of benzene rings is 1. The number of rotatable bonds is 3. The molecule has 0 unspecified atom stereocenters. The second kappa shape index (κ2) is 6.71. The number of urea groups is 1. The van der Waals surface area contributed by atoms with Gasteiger partial charge in [-0.25, -0.2) is 4.79 Å². The van der Waals surface area contributed by atoms with Crippen molar-refractivity contribution in [1.82, 2.24) is 4.90 Å². The quantitative estimate of drug-likeness (QED) is 0.900. The zero-order chi connectivity index (χ0) is 14.7. The molecular formula is C16H22N2O2S. The number of nitrogens with one attached hydrogen (secondary N) is 1. The van der Waals surface area contributed by atoms with Gasteiger partial charge in [-0.2, -0.15) is 0 Å². The minimum absolute atomic E-state index is 0.106. The number of hydrogen-bond acceptors (Lipinski definition) is 3. The summed E-state index contributed by atoms with van der Waals surface area (Å²) in [5.74, 6) is 0. The number of anilines is 1. The molecule has 2 fully saturated rings. The summed E-state index contributed by atoms with van der Waals surface area (Å²) < 4.78 is 0. The lowest BCUT2D eigenvalue weighted by molar-refractivity contribution is 0.176. The van der Waals surface area contributed by atoms with Crippen molar-refractivity contribution >= 4 is 23.5 Å². The highest BCUT2D eigenvalue weighted by Gasteiger charge is 2.25. The van der Waals surface area contributed by atoms with Crippen LogP contribution in [0.4, 0.5) is 10.5 Å². The van der Waals surface area contributed by atoms with Crippen LogP contribution in [0.25, 0.3) is 0 Å². The smallest absolute Gasteiger partial charge is 0.321 e. The zero-order valence-corrected chi connectivity index (χ0v) is 12.9. The molecule has 1 saturated carbocycles. The van der Waals surface area contributed by atoms with Crippen molar-refractivity contribution in [1.29, 1.82) is 0 Å². The van der Waals surface area contributed by atoms with E-state index in [-0.39, 0.29) is 12.1 Å². The maximum atomic E-state index is 12.2. The number of carbonyl (C=O) groups excluding carboxylic acids is 1. The molecule has 2 N–H and O–H groups in total. The van der Waals surface area contributed by atoms with E-state index in [4.69, 9.17) is 0 Å². The van der Waals surface area contributed by atoms with E-state index in [1.54, 1.807) is 4.90 Å². The number of nitrogens with zero attached hydrogens (tertiary/aromatic N) is 1. The summed E-state index contributed by atoms with van der Waals surface area (Å²) in [6, 6.07) is 7.91. The third kappa shape index (κ3) is 3.71. The van der Waals surface area contributed by atoms with Gasteiger partial charge in [0.1, 0.15) is 0 Å². The second-order valence-corrected chi connectivity index (χ2v) is 7.18. The first kappa shape index (κ1) is 14.7. The van der Waals surface area contributed by atoms with Gasteiger partial charge in [-0.3, -0.25) is 0 Å². The van der Waals surface area contributed by atoms with Gasteiger partial charge in [-0.05, 0) is 31.4 Å². The van der Waals surface area contributed by atoms with Gasteiger partial charge < -0.3 is 15.3 Å². The summed E-state index contributed by atoms with van der Waals surface area (Å²) in [6.45, 7) is 1.06. The van der Waals surface area contributed by atoms with Gasteiger partial charge in [0.2, 0.25) is 0 Å². The molecule has 4 nitrogen and oxygen atoms in total. The van der Waals surface area contributed by atoms with Crippen molar-refractivity contribution in [2.24, 2.45) is 0 Å². The average molecular weight is 306 g/mol. The molecule has 1 aliphatic heterocycles. The summed E-state index contributed by atoms with van der Waals surface area (Å²) in [7, 11) is 0. The van der Waals surface area contributed by atoms with Crippen molar-refractivity contribution < 1.29 is 9.90 Å². The SMILES string of the molecule is O=C(Nc1ccccc1SC1CCCC1)N1CC[C@H](O)C1. The second-order valence-electron chi connectivity index (χ2n) is 5.84. The Morgan fingerprint density at radius 1 is 1.24 bits per heavy atom. The van der Waals surface area contributed by atoms with Crippen molar-refractivity contribution in [3.05, 3.63) is 24.3 Å². The van der Waals surface area contributed by atoms with E-state index in [1.807, 2.05) is 30.0 Å². The third-order valence-electron chi connectivity index (χ3n) is 4.18. The number of β-amino-alcohol motifs (C(OH)–C–C–N with tert-alkyl or cyclic N) is 1. The number of likely N-dealkylation sites (tertiary alicyclic amines) is 1. The number of carbonyl (C=O) groups is 1. The number of thioether (sulfide) groups is 1. The van der Waals surface area contributed by atoms with Gasteiger partial charge in [0.05, 0.1) is 11.8 Å². The molecule has 1 atom stereocenters. The predicted molar refractivity (Wildman–Crippen MR) is 85.8 cm³/mol. The molecular weight excluding hydrogens is 284 g/mol. The minimum Gasteiger partial charge on any atom is -0.391 e. The molecule has 0 bridgehead atoms. The normalized spacial score (nSPS) is 22.7. The fraction of sp³-hybridized carbons (Fsp3) is 0.562. The van der Waals surface area contributed by atoms with Crippen LogP contribution in [0.2, 0.25) is 0 Å². The average Bonchev–Trinajstić information content (AvgIpc) is 3.12. The molecule has 5 heteroatoms. The summed E-state index contributed by atoms with van der Waals surface area (Å²) >= 11 is 1.88. The Bertz CT molecular complexity index is 503. The molecule has 21 heavy (non-hydrogen) atoms. The third-order valence-corrected chi connectivity index (χ3v) is 5.59. The van der Waals surface area contributed by atoms with E-state index >= 15 is 0 Å². The largest absolute Gasteiger partial charge is 0.391 e. The van der Waals surface area contributed by atoms with E-state index < -0.39 is 0 Å². The molecule has 1 saturated heterocycles. The van der Waals surface area contributed by atoms with Crippen LogP contribution in [0.3, 0.4) is 0 Å².